The van der Waals surface area contributed by atoms with Gasteiger partial charge in [-0.1, -0.05) is 6.07 Å². The molecule has 1 atom stereocenters. The number of ether oxygens (including phenoxy) is 2. The molecule has 0 unspecified atom stereocenters. The Balaban J connectivity index is 1.20. The van der Waals surface area contributed by atoms with Crippen LogP contribution in [0.2, 0.25) is 0 Å². The quantitative estimate of drug-likeness (QED) is 0.421. The van der Waals surface area contributed by atoms with E-state index in [-0.39, 0.29) is 6.10 Å². The van der Waals surface area contributed by atoms with Crippen LogP contribution < -0.4 is 10.1 Å². The Bertz CT molecular complexity index is 1420. The fraction of sp³-hybridized carbons (Fsp3) is 0.467. The van der Waals surface area contributed by atoms with Crippen molar-refractivity contribution in [1.82, 2.24) is 24.8 Å². The smallest absolute Gasteiger partial charge is 0.148 e. The van der Waals surface area contributed by atoms with Crippen LogP contribution >= 0.6 is 0 Å². The molecule has 0 radical (unpaired) electrons. The van der Waals surface area contributed by atoms with Gasteiger partial charge in [0.25, 0.3) is 0 Å². The summed E-state index contributed by atoms with van der Waals surface area (Å²) in [5.41, 5.74) is 4.85. The Kier molecular flexibility index (Phi) is 6.83. The van der Waals surface area contributed by atoms with Crippen molar-refractivity contribution in [1.29, 1.82) is 10.7 Å². The van der Waals surface area contributed by atoms with Gasteiger partial charge in [-0.25, -0.2) is 4.52 Å². The van der Waals surface area contributed by atoms with Gasteiger partial charge in [0.2, 0.25) is 0 Å². The van der Waals surface area contributed by atoms with Crippen LogP contribution in [0.4, 0.5) is 0 Å². The zero-order valence-corrected chi connectivity index (χ0v) is 22.6. The van der Waals surface area contributed by atoms with Gasteiger partial charge in [-0.2, -0.15) is 10.4 Å². The molecule has 3 fully saturated rings. The van der Waals surface area contributed by atoms with E-state index in [1.807, 2.05) is 44.3 Å². The minimum atomic E-state index is -0.326. The molecule has 9 nitrogen and oxygen atoms in total. The highest BCUT2D eigenvalue weighted by Crippen LogP contribution is 2.49. The zero-order chi connectivity index (χ0) is 27.0. The second-order valence-corrected chi connectivity index (χ2v) is 11.2. The van der Waals surface area contributed by atoms with Crippen LogP contribution in [0.25, 0.3) is 11.1 Å². The molecule has 0 aromatic carbocycles. The second kappa shape index (κ2) is 10.4. The number of fused-ring (bicyclic) bond motifs is 1. The van der Waals surface area contributed by atoms with Crippen molar-refractivity contribution in [3.63, 3.8) is 0 Å². The molecule has 3 aromatic rings. The van der Waals surface area contributed by atoms with Crippen LogP contribution in [0.3, 0.4) is 0 Å². The monoisotopic (exact) mass is 525 g/mol. The van der Waals surface area contributed by atoms with E-state index in [1.54, 1.807) is 16.9 Å². The van der Waals surface area contributed by atoms with Gasteiger partial charge in [-0.05, 0) is 76.2 Å². The number of nitrogens with one attached hydrogen (secondary N) is 2. The molecule has 39 heavy (non-hydrogen) atoms. The molecule has 2 aliphatic heterocycles. The first kappa shape index (κ1) is 25.5. The van der Waals surface area contributed by atoms with E-state index in [2.05, 4.69) is 26.4 Å². The third-order valence-electron chi connectivity index (χ3n) is 8.74. The first-order valence-corrected chi connectivity index (χ1v) is 13.8. The number of hydrogen-bond donors (Lipinski definition) is 2. The number of pyridine rings is 2. The Labute approximate surface area is 228 Å². The summed E-state index contributed by atoms with van der Waals surface area (Å²) in [6.45, 7) is 8.11. The number of hydrogen-bond acceptors (Lipinski definition) is 8. The second-order valence-electron chi connectivity index (χ2n) is 11.2. The number of nitrogens with zero attached hydrogens (tertiary/aromatic N) is 5. The van der Waals surface area contributed by atoms with Crippen molar-refractivity contribution in [2.45, 2.75) is 57.7 Å². The summed E-state index contributed by atoms with van der Waals surface area (Å²) in [6.07, 6.45) is 11.1. The molecule has 2 N–H and O–H groups in total. The fourth-order valence-electron chi connectivity index (χ4n) is 6.36. The van der Waals surface area contributed by atoms with Crippen molar-refractivity contribution in [2.75, 3.05) is 26.3 Å². The number of likely N-dealkylation sites (tertiary alicyclic amines) is 1. The lowest BCUT2D eigenvalue weighted by atomic mass is 9.60. The third kappa shape index (κ3) is 4.90. The van der Waals surface area contributed by atoms with Crippen LogP contribution in [0, 0.1) is 22.2 Å². The predicted octanol–water partition coefficient (Wildman–Crippen LogP) is 4.35. The Hall–Kier alpha value is -3.74. The lowest BCUT2D eigenvalue weighted by molar-refractivity contribution is -0.0932. The van der Waals surface area contributed by atoms with E-state index in [1.165, 1.54) is 45.0 Å². The molecule has 0 bridgehead atoms. The van der Waals surface area contributed by atoms with Gasteiger partial charge >= 0.3 is 0 Å². The predicted molar refractivity (Wildman–Crippen MR) is 149 cm³/mol. The Morgan fingerprint density at radius 3 is 2.74 bits per heavy atom. The topological polar surface area (TPSA) is 112 Å². The van der Waals surface area contributed by atoms with E-state index < -0.39 is 0 Å². The highest BCUT2D eigenvalue weighted by Gasteiger charge is 2.47. The number of piperidine rings is 1. The molecular weight excluding hydrogens is 490 g/mol. The maximum absolute atomic E-state index is 9.67. The summed E-state index contributed by atoms with van der Waals surface area (Å²) in [5, 5.41) is 26.0. The summed E-state index contributed by atoms with van der Waals surface area (Å²) in [7, 11) is 0. The maximum Gasteiger partial charge on any atom is 0.148 e. The number of nitriles is 1. The number of rotatable bonds is 8. The first-order valence-electron chi connectivity index (χ1n) is 13.8. The summed E-state index contributed by atoms with van der Waals surface area (Å²) in [5.74, 6) is 0.540. The van der Waals surface area contributed by atoms with Crippen LogP contribution in [0.1, 0.15) is 62.5 Å². The highest BCUT2D eigenvalue weighted by molar-refractivity contribution is 6.09. The zero-order valence-electron chi connectivity index (χ0n) is 22.6. The van der Waals surface area contributed by atoms with Crippen LogP contribution in [-0.4, -0.2) is 64.1 Å². The highest BCUT2D eigenvalue weighted by atomic mass is 16.5. The van der Waals surface area contributed by atoms with Crippen LogP contribution in [0.5, 0.6) is 5.75 Å². The van der Waals surface area contributed by atoms with Crippen LogP contribution in [0.15, 0.2) is 48.6 Å². The number of allylic oxidation sites excluding steroid dienone is 2. The minimum absolute atomic E-state index is 0.326. The number of aromatic nitrogens is 3. The molecule has 1 spiro atoms. The van der Waals surface area contributed by atoms with Crippen molar-refractivity contribution < 1.29 is 9.47 Å². The van der Waals surface area contributed by atoms with Gasteiger partial charge in [-0.15, -0.1) is 0 Å². The van der Waals surface area contributed by atoms with Crippen LogP contribution in [-0.2, 0) is 4.74 Å². The average molecular weight is 526 g/mol. The molecule has 9 heteroatoms. The largest absolute Gasteiger partial charge is 0.482 e. The molecule has 0 amide bonds. The molecule has 6 rings (SSSR count). The summed E-state index contributed by atoms with van der Waals surface area (Å²) < 4.78 is 13.4. The molecule has 1 saturated carbocycles. The van der Waals surface area contributed by atoms with E-state index >= 15 is 0 Å². The van der Waals surface area contributed by atoms with E-state index in [4.69, 9.17) is 14.9 Å². The molecule has 3 aromatic heterocycles. The van der Waals surface area contributed by atoms with Gasteiger partial charge in [0.15, 0.2) is 0 Å². The Morgan fingerprint density at radius 1 is 1.31 bits per heavy atom. The van der Waals surface area contributed by atoms with E-state index in [9.17, 15) is 5.26 Å². The van der Waals surface area contributed by atoms with Gasteiger partial charge in [-0.3, -0.25) is 9.88 Å². The van der Waals surface area contributed by atoms with E-state index in [0.717, 1.165) is 35.7 Å². The molecule has 5 heterocycles. The SMILES string of the molecule is C/C(NC1CC2(CCN(C3COC3)CC2)C1)=C(/C=N)c1cc(O[C@H](C)c2ccccn2)c2c(C#N)cnn2c1. The fourth-order valence-corrected chi connectivity index (χ4v) is 6.36. The molecule has 2 saturated heterocycles. The first-order chi connectivity index (χ1) is 19.0. The summed E-state index contributed by atoms with van der Waals surface area (Å²) >= 11 is 0. The lowest BCUT2D eigenvalue weighted by Gasteiger charge is -2.54. The van der Waals surface area contributed by atoms with Crippen molar-refractivity contribution in [3.8, 4) is 11.8 Å². The van der Waals surface area contributed by atoms with Gasteiger partial charge in [0.05, 0.1) is 31.1 Å². The normalized spacial score (nSPS) is 20.9. The van der Waals surface area contributed by atoms with Crippen molar-refractivity contribution in [3.05, 3.63) is 65.4 Å². The van der Waals surface area contributed by atoms with Gasteiger partial charge in [0.1, 0.15) is 29.0 Å². The average Bonchev–Trinajstić information content (AvgIpc) is 3.32. The Morgan fingerprint density at radius 2 is 2.10 bits per heavy atom. The van der Waals surface area contributed by atoms with Crippen molar-refractivity contribution >= 4 is 17.3 Å². The summed E-state index contributed by atoms with van der Waals surface area (Å²) in [6, 6.07) is 10.9. The van der Waals surface area contributed by atoms with Gasteiger partial charge in [0, 0.05) is 41.5 Å². The minimum Gasteiger partial charge on any atom is -0.482 e. The van der Waals surface area contributed by atoms with Gasteiger partial charge < -0.3 is 20.2 Å². The molecule has 3 aliphatic rings. The molecular formula is C30H35N7O2. The summed E-state index contributed by atoms with van der Waals surface area (Å²) in [4.78, 5) is 7.02. The standard InChI is InChI=1S/C30H35N7O2/c1-20(35-24-12-30(13-24)6-9-36(10-7-30)25-18-38-19-25)26(15-32)22-11-28(29-23(14-31)16-34-37(29)17-22)39-21(2)27-5-3-4-8-33-27/h3-5,8,11,15-17,21,24-25,32,35H,6-7,9-10,12-13,18-19H2,1-2H3/b26-20+,32-15?/t21-/m1/s1. The van der Waals surface area contributed by atoms with Crippen molar-refractivity contribution in [2.24, 2.45) is 5.41 Å². The third-order valence-corrected chi connectivity index (χ3v) is 8.74. The molecule has 1 aliphatic carbocycles. The maximum atomic E-state index is 9.67. The molecule has 202 valence electrons. The lowest BCUT2D eigenvalue weighted by Crippen LogP contribution is -2.57. The van der Waals surface area contributed by atoms with E-state index in [0.29, 0.717) is 34.3 Å².